The lowest BCUT2D eigenvalue weighted by Crippen LogP contribution is -2.15. The molecule has 0 aliphatic heterocycles. The van der Waals surface area contributed by atoms with E-state index in [-0.39, 0.29) is 18.0 Å². The Morgan fingerprint density at radius 3 is 2.90 bits per heavy atom. The minimum Gasteiger partial charge on any atom is -0.462 e. The minimum atomic E-state index is -0.538. The fourth-order valence-corrected chi connectivity index (χ4v) is 1.89. The number of hydrogen-bond acceptors (Lipinski definition) is 5. The molecule has 0 saturated carbocycles. The molecular formula is C12H12BrN3O4. The summed E-state index contributed by atoms with van der Waals surface area (Å²) in [6.07, 6.45) is 2.78. The Labute approximate surface area is 123 Å². The standard InChI is InChI=1S/C12H12BrN3O4/c1-3-19-12(18)8-5-16(2)15-10(8)14-11(17)7-4-9(13)20-6-7/h4-6H,3H2,1-2H3,(H,14,15,17). The summed E-state index contributed by atoms with van der Waals surface area (Å²) in [7, 11) is 1.65. The predicted molar refractivity (Wildman–Crippen MR) is 73.5 cm³/mol. The van der Waals surface area contributed by atoms with Gasteiger partial charge in [-0.2, -0.15) is 5.10 Å². The molecule has 1 amide bonds. The molecule has 0 bridgehead atoms. The number of rotatable bonds is 4. The summed E-state index contributed by atoms with van der Waals surface area (Å²) in [4.78, 5) is 23.7. The van der Waals surface area contributed by atoms with Crippen LogP contribution in [0.2, 0.25) is 0 Å². The van der Waals surface area contributed by atoms with Crippen LogP contribution >= 0.6 is 15.9 Å². The monoisotopic (exact) mass is 341 g/mol. The van der Waals surface area contributed by atoms with Crippen molar-refractivity contribution in [2.75, 3.05) is 11.9 Å². The van der Waals surface area contributed by atoms with Crippen LogP contribution in [0.4, 0.5) is 5.82 Å². The number of esters is 1. The SMILES string of the molecule is CCOC(=O)c1cn(C)nc1NC(=O)c1coc(Br)c1. The molecule has 0 aliphatic carbocycles. The number of nitrogens with one attached hydrogen (secondary N) is 1. The van der Waals surface area contributed by atoms with Gasteiger partial charge in [0, 0.05) is 19.3 Å². The average molecular weight is 342 g/mol. The van der Waals surface area contributed by atoms with Crippen LogP contribution in [0.25, 0.3) is 0 Å². The second-order valence-corrected chi connectivity index (χ2v) is 4.66. The van der Waals surface area contributed by atoms with Crippen LogP contribution in [-0.4, -0.2) is 28.3 Å². The highest BCUT2D eigenvalue weighted by Crippen LogP contribution is 2.18. The summed E-state index contributed by atoms with van der Waals surface area (Å²) < 4.78 is 11.8. The van der Waals surface area contributed by atoms with Crippen LogP contribution < -0.4 is 5.32 Å². The van der Waals surface area contributed by atoms with E-state index < -0.39 is 11.9 Å². The molecule has 0 aliphatic rings. The van der Waals surface area contributed by atoms with Gasteiger partial charge in [0.15, 0.2) is 10.5 Å². The van der Waals surface area contributed by atoms with Crippen LogP contribution in [0.3, 0.4) is 0 Å². The van der Waals surface area contributed by atoms with E-state index in [0.717, 1.165) is 0 Å². The van der Waals surface area contributed by atoms with Gasteiger partial charge in [-0.25, -0.2) is 4.79 Å². The molecule has 0 radical (unpaired) electrons. The average Bonchev–Trinajstić information content (AvgIpc) is 2.96. The van der Waals surface area contributed by atoms with Gasteiger partial charge in [0.1, 0.15) is 11.8 Å². The lowest BCUT2D eigenvalue weighted by atomic mass is 10.3. The molecular weight excluding hydrogens is 330 g/mol. The van der Waals surface area contributed by atoms with Crippen molar-refractivity contribution in [1.82, 2.24) is 9.78 Å². The van der Waals surface area contributed by atoms with E-state index in [0.29, 0.717) is 10.2 Å². The summed E-state index contributed by atoms with van der Waals surface area (Å²) in [6, 6.07) is 1.52. The maximum atomic E-state index is 12.0. The zero-order valence-corrected chi connectivity index (χ0v) is 12.4. The maximum Gasteiger partial charge on any atom is 0.343 e. The molecule has 8 heteroatoms. The lowest BCUT2D eigenvalue weighted by molar-refractivity contribution is 0.0527. The number of aromatic nitrogens is 2. The van der Waals surface area contributed by atoms with Crippen molar-refractivity contribution in [1.29, 1.82) is 0 Å². The molecule has 2 heterocycles. The Morgan fingerprint density at radius 2 is 2.30 bits per heavy atom. The van der Waals surface area contributed by atoms with E-state index in [4.69, 9.17) is 9.15 Å². The largest absolute Gasteiger partial charge is 0.462 e. The number of halogens is 1. The second kappa shape index (κ2) is 5.91. The number of furan rings is 1. The molecule has 0 unspecified atom stereocenters. The molecule has 2 aromatic rings. The molecule has 0 fully saturated rings. The number of amides is 1. The number of carbonyl (C=O) groups is 2. The number of aryl methyl sites for hydroxylation is 1. The van der Waals surface area contributed by atoms with Gasteiger partial charge in [-0.05, 0) is 22.9 Å². The molecule has 0 atom stereocenters. The molecule has 0 aromatic carbocycles. The fourth-order valence-electron chi connectivity index (χ4n) is 1.55. The van der Waals surface area contributed by atoms with Crippen molar-refractivity contribution < 1.29 is 18.7 Å². The van der Waals surface area contributed by atoms with Gasteiger partial charge in [-0.15, -0.1) is 0 Å². The van der Waals surface area contributed by atoms with Gasteiger partial charge in [0.05, 0.1) is 12.2 Å². The third kappa shape index (κ3) is 3.08. The predicted octanol–water partition coefficient (Wildman–Crippen LogP) is 2.20. The smallest absolute Gasteiger partial charge is 0.343 e. The lowest BCUT2D eigenvalue weighted by Gasteiger charge is -2.03. The van der Waals surface area contributed by atoms with Gasteiger partial charge in [-0.3, -0.25) is 9.48 Å². The van der Waals surface area contributed by atoms with E-state index in [1.54, 1.807) is 14.0 Å². The quantitative estimate of drug-likeness (QED) is 0.861. The van der Waals surface area contributed by atoms with Gasteiger partial charge in [-0.1, -0.05) is 0 Å². The first-order valence-electron chi connectivity index (χ1n) is 5.77. The molecule has 2 aromatic heterocycles. The molecule has 0 spiro atoms. The number of carbonyl (C=O) groups excluding carboxylic acids is 2. The van der Waals surface area contributed by atoms with E-state index >= 15 is 0 Å². The number of ether oxygens (including phenoxy) is 1. The van der Waals surface area contributed by atoms with Crippen LogP contribution in [0.1, 0.15) is 27.6 Å². The van der Waals surface area contributed by atoms with Gasteiger partial charge in [0.25, 0.3) is 5.91 Å². The molecule has 7 nitrogen and oxygen atoms in total. The summed E-state index contributed by atoms with van der Waals surface area (Å²) in [5, 5.41) is 6.58. The molecule has 1 N–H and O–H groups in total. The van der Waals surface area contributed by atoms with Gasteiger partial charge < -0.3 is 14.5 Å². The van der Waals surface area contributed by atoms with Crippen molar-refractivity contribution >= 4 is 33.6 Å². The number of nitrogens with zero attached hydrogens (tertiary/aromatic N) is 2. The Kier molecular flexibility index (Phi) is 4.23. The Bertz CT molecular complexity index is 647. The van der Waals surface area contributed by atoms with Crippen molar-refractivity contribution in [3.8, 4) is 0 Å². The Morgan fingerprint density at radius 1 is 1.55 bits per heavy atom. The normalized spacial score (nSPS) is 10.3. The summed E-state index contributed by atoms with van der Waals surface area (Å²) in [5.74, 6) is -0.818. The van der Waals surface area contributed by atoms with E-state index in [2.05, 4.69) is 26.3 Å². The highest BCUT2D eigenvalue weighted by molar-refractivity contribution is 9.10. The van der Waals surface area contributed by atoms with Crippen LogP contribution in [-0.2, 0) is 11.8 Å². The molecule has 106 valence electrons. The van der Waals surface area contributed by atoms with E-state index in [1.807, 2.05) is 0 Å². The molecule has 0 saturated heterocycles. The van der Waals surface area contributed by atoms with Crippen LogP contribution in [0.5, 0.6) is 0 Å². The second-order valence-electron chi connectivity index (χ2n) is 3.88. The fraction of sp³-hybridized carbons (Fsp3) is 0.250. The molecule has 20 heavy (non-hydrogen) atoms. The van der Waals surface area contributed by atoms with E-state index in [9.17, 15) is 9.59 Å². The van der Waals surface area contributed by atoms with Crippen molar-refractivity contribution in [2.45, 2.75) is 6.92 Å². The summed E-state index contributed by atoms with van der Waals surface area (Å²) in [5.41, 5.74) is 0.516. The minimum absolute atomic E-state index is 0.147. The van der Waals surface area contributed by atoms with Gasteiger partial charge >= 0.3 is 5.97 Å². The first-order chi connectivity index (χ1) is 9.51. The van der Waals surface area contributed by atoms with Crippen molar-refractivity contribution in [3.05, 3.63) is 34.3 Å². The van der Waals surface area contributed by atoms with Crippen molar-refractivity contribution in [3.63, 3.8) is 0 Å². The van der Waals surface area contributed by atoms with Crippen molar-refractivity contribution in [2.24, 2.45) is 7.05 Å². The first-order valence-corrected chi connectivity index (χ1v) is 6.56. The summed E-state index contributed by atoms with van der Waals surface area (Å²) >= 11 is 3.11. The third-order valence-corrected chi connectivity index (χ3v) is 2.80. The third-order valence-electron chi connectivity index (χ3n) is 2.39. The zero-order valence-electron chi connectivity index (χ0n) is 10.8. The zero-order chi connectivity index (χ0) is 14.7. The summed E-state index contributed by atoms with van der Waals surface area (Å²) in [6.45, 7) is 1.95. The highest BCUT2D eigenvalue weighted by Gasteiger charge is 2.20. The topological polar surface area (TPSA) is 86.4 Å². The Hall–Kier alpha value is -2.09. The van der Waals surface area contributed by atoms with Crippen LogP contribution in [0.15, 0.2) is 27.6 Å². The molecule has 2 rings (SSSR count). The number of anilines is 1. The Balaban J connectivity index is 2.21. The van der Waals surface area contributed by atoms with E-state index in [1.165, 1.54) is 23.2 Å². The first kappa shape index (κ1) is 14.3. The highest BCUT2D eigenvalue weighted by atomic mass is 79.9. The maximum absolute atomic E-state index is 12.0. The van der Waals surface area contributed by atoms with Gasteiger partial charge in [0.2, 0.25) is 0 Å². The van der Waals surface area contributed by atoms with Crippen LogP contribution in [0, 0.1) is 0 Å². The number of hydrogen-bond donors (Lipinski definition) is 1.